The molecule has 0 fully saturated rings. The first kappa shape index (κ1) is 20.1. The molecule has 0 aliphatic rings. The Bertz CT molecular complexity index is 1060. The number of para-hydroxylation sites is 1. The summed E-state index contributed by atoms with van der Waals surface area (Å²) in [6.07, 6.45) is 3.29. The average Bonchev–Trinajstić information content (AvgIpc) is 2.98. The largest absolute Gasteiger partial charge is 0.483 e. The molecule has 3 N–H and O–H groups in total. The number of carbonyl (C=O) groups excluding carboxylic acids is 2. The number of amides is 2. The maximum Gasteiger partial charge on any atom is 0.277 e. The molecule has 9 heteroatoms. The normalized spacial score (nSPS) is 11.1. The zero-order chi connectivity index (χ0) is 20.1. The van der Waals surface area contributed by atoms with Crippen molar-refractivity contribution in [2.24, 2.45) is 10.8 Å². The lowest BCUT2D eigenvalue weighted by Gasteiger charge is -2.07. The van der Waals surface area contributed by atoms with Crippen LogP contribution in [0.3, 0.4) is 0 Å². The average molecular weight is 508 g/mol. The molecule has 1 aromatic heterocycles. The van der Waals surface area contributed by atoms with Crippen molar-refractivity contribution in [1.29, 1.82) is 0 Å². The number of benzene rings is 2. The van der Waals surface area contributed by atoms with Crippen molar-refractivity contribution in [2.45, 2.75) is 6.54 Å². The van der Waals surface area contributed by atoms with E-state index >= 15 is 0 Å². The van der Waals surface area contributed by atoms with Gasteiger partial charge < -0.3 is 15.0 Å². The second kappa shape index (κ2) is 9.03. The van der Waals surface area contributed by atoms with Crippen molar-refractivity contribution < 1.29 is 14.3 Å². The summed E-state index contributed by atoms with van der Waals surface area (Å²) in [6.45, 7) is -0.113. The smallest absolute Gasteiger partial charge is 0.277 e. The lowest BCUT2D eigenvalue weighted by Crippen LogP contribution is -2.24. The summed E-state index contributed by atoms with van der Waals surface area (Å²) in [4.78, 5) is 23.2. The van der Waals surface area contributed by atoms with Gasteiger partial charge in [0.15, 0.2) is 6.61 Å². The lowest BCUT2D eigenvalue weighted by molar-refractivity contribution is -0.123. The molecule has 2 aromatic carbocycles. The van der Waals surface area contributed by atoms with Crippen LogP contribution in [0.5, 0.6) is 5.75 Å². The van der Waals surface area contributed by atoms with Gasteiger partial charge in [0.2, 0.25) is 5.91 Å². The van der Waals surface area contributed by atoms with Crippen molar-refractivity contribution in [3.63, 3.8) is 0 Å². The number of nitrogens with two attached hydrogens (primary N) is 1. The van der Waals surface area contributed by atoms with E-state index in [0.29, 0.717) is 5.75 Å². The Morgan fingerprint density at radius 2 is 2.00 bits per heavy atom. The molecule has 7 nitrogen and oxygen atoms in total. The number of nitrogens with one attached hydrogen (secondary N) is 1. The van der Waals surface area contributed by atoms with E-state index < -0.39 is 11.8 Å². The third kappa shape index (κ3) is 4.99. The van der Waals surface area contributed by atoms with Crippen LogP contribution in [0.25, 0.3) is 10.9 Å². The Morgan fingerprint density at radius 3 is 2.75 bits per heavy atom. The molecule has 0 radical (unpaired) electrons. The minimum absolute atomic E-state index is 0.0661. The number of primary amides is 1. The molecule has 0 aliphatic carbocycles. The summed E-state index contributed by atoms with van der Waals surface area (Å²) in [7, 11) is 0. The Kier molecular flexibility index (Phi) is 6.48. The number of halogens is 2. The molecule has 144 valence electrons. The molecule has 0 spiro atoms. The highest BCUT2D eigenvalue weighted by Gasteiger charge is 2.09. The maximum absolute atomic E-state index is 12.0. The Labute approximate surface area is 177 Å². The van der Waals surface area contributed by atoms with Gasteiger partial charge in [-0.3, -0.25) is 9.59 Å². The molecule has 0 aliphatic heterocycles. The minimum Gasteiger partial charge on any atom is -0.483 e. The van der Waals surface area contributed by atoms with E-state index in [1.54, 1.807) is 16.8 Å². The fourth-order valence-electron chi connectivity index (χ4n) is 2.62. The number of rotatable bonds is 7. The molecule has 2 amide bonds. The lowest BCUT2D eigenvalue weighted by atomic mass is 10.2. The summed E-state index contributed by atoms with van der Waals surface area (Å²) in [6, 6.07) is 12.9. The number of hydrazone groups is 1. The molecule has 0 unspecified atom stereocenters. The summed E-state index contributed by atoms with van der Waals surface area (Å²) in [5.41, 5.74) is 9.34. The topological polar surface area (TPSA) is 98.7 Å². The third-order valence-corrected chi connectivity index (χ3v) is 4.90. The van der Waals surface area contributed by atoms with Crippen molar-refractivity contribution in [3.05, 3.63) is 63.2 Å². The zero-order valence-corrected chi connectivity index (χ0v) is 17.7. The second-order valence-electron chi connectivity index (χ2n) is 5.85. The summed E-state index contributed by atoms with van der Waals surface area (Å²) >= 11 is 6.72. The van der Waals surface area contributed by atoms with Gasteiger partial charge in [-0.25, -0.2) is 5.43 Å². The van der Waals surface area contributed by atoms with Gasteiger partial charge in [-0.2, -0.15) is 5.10 Å². The highest BCUT2D eigenvalue weighted by atomic mass is 79.9. The van der Waals surface area contributed by atoms with Gasteiger partial charge >= 0.3 is 0 Å². The third-order valence-electron chi connectivity index (χ3n) is 3.79. The Hall–Kier alpha value is -2.65. The SMILES string of the molecule is NC(=O)Cn1cc(/C=N/NC(=O)COc2ccc(Br)cc2Br)c2ccccc21. The molecule has 3 rings (SSSR count). The number of fused-ring (bicyclic) bond motifs is 1. The van der Waals surface area contributed by atoms with Gasteiger partial charge in [-0.15, -0.1) is 0 Å². The molecule has 1 heterocycles. The van der Waals surface area contributed by atoms with Gasteiger partial charge in [0.25, 0.3) is 5.91 Å². The number of carbonyl (C=O) groups is 2. The molecule has 28 heavy (non-hydrogen) atoms. The van der Waals surface area contributed by atoms with Crippen LogP contribution < -0.4 is 15.9 Å². The predicted octanol–water partition coefficient (Wildman–Crippen LogP) is 3.18. The standard InChI is InChI=1S/C19H16Br2N4O3/c20-13-5-6-17(15(21)7-13)28-11-19(27)24-23-8-12-9-25(10-18(22)26)16-4-2-1-3-14(12)16/h1-9H,10-11H2,(H2,22,26)(H,24,27)/b23-8+. The van der Waals surface area contributed by atoms with Crippen LogP contribution >= 0.6 is 31.9 Å². The van der Waals surface area contributed by atoms with Crippen molar-refractivity contribution in [2.75, 3.05) is 6.61 Å². The highest BCUT2D eigenvalue weighted by Crippen LogP contribution is 2.28. The first-order valence-electron chi connectivity index (χ1n) is 8.20. The number of ether oxygens (including phenoxy) is 1. The Balaban J connectivity index is 1.64. The molecular weight excluding hydrogens is 492 g/mol. The fourth-order valence-corrected chi connectivity index (χ4v) is 3.78. The molecule has 0 saturated carbocycles. The second-order valence-corrected chi connectivity index (χ2v) is 7.62. The van der Waals surface area contributed by atoms with Gasteiger partial charge in [0, 0.05) is 27.1 Å². The van der Waals surface area contributed by atoms with Crippen LogP contribution in [-0.2, 0) is 16.1 Å². The van der Waals surface area contributed by atoms with Crippen molar-refractivity contribution in [1.82, 2.24) is 9.99 Å². The zero-order valence-electron chi connectivity index (χ0n) is 14.6. The fraction of sp³-hybridized carbons (Fsp3) is 0.105. The van der Waals surface area contributed by atoms with E-state index in [4.69, 9.17) is 10.5 Å². The number of hydrogen-bond acceptors (Lipinski definition) is 4. The number of nitrogens with zero attached hydrogens (tertiary/aromatic N) is 2. The van der Waals surface area contributed by atoms with Gasteiger partial charge in [-0.1, -0.05) is 34.1 Å². The van der Waals surface area contributed by atoms with E-state index in [0.717, 1.165) is 25.4 Å². The van der Waals surface area contributed by atoms with Crippen LogP contribution in [0.2, 0.25) is 0 Å². The van der Waals surface area contributed by atoms with E-state index in [-0.39, 0.29) is 13.2 Å². The first-order valence-corrected chi connectivity index (χ1v) is 9.78. The van der Waals surface area contributed by atoms with Crippen molar-refractivity contribution >= 4 is 60.8 Å². The monoisotopic (exact) mass is 506 g/mol. The van der Waals surface area contributed by atoms with Gasteiger partial charge in [0.05, 0.1) is 10.7 Å². The van der Waals surface area contributed by atoms with E-state index in [1.807, 2.05) is 36.4 Å². The van der Waals surface area contributed by atoms with Crippen LogP contribution in [0.15, 0.2) is 62.7 Å². The highest BCUT2D eigenvalue weighted by molar-refractivity contribution is 9.11. The van der Waals surface area contributed by atoms with Crippen molar-refractivity contribution in [3.8, 4) is 5.75 Å². The van der Waals surface area contributed by atoms with Crippen LogP contribution in [0.4, 0.5) is 0 Å². The molecule has 3 aromatic rings. The quantitative estimate of drug-likeness (QED) is 0.379. The van der Waals surface area contributed by atoms with E-state index in [1.165, 1.54) is 6.21 Å². The molecule has 0 atom stereocenters. The summed E-state index contributed by atoms with van der Waals surface area (Å²) in [5, 5.41) is 4.88. The minimum atomic E-state index is -0.436. The molecule has 0 bridgehead atoms. The van der Waals surface area contributed by atoms with E-state index in [9.17, 15) is 9.59 Å². The van der Waals surface area contributed by atoms with Crippen LogP contribution in [0.1, 0.15) is 5.56 Å². The summed E-state index contributed by atoms with van der Waals surface area (Å²) < 4.78 is 8.85. The maximum atomic E-state index is 12.0. The number of aromatic nitrogens is 1. The van der Waals surface area contributed by atoms with Crippen LogP contribution in [-0.4, -0.2) is 29.2 Å². The first-order chi connectivity index (χ1) is 13.4. The molecular formula is C19H16Br2N4O3. The predicted molar refractivity (Wildman–Crippen MR) is 114 cm³/mol. The summed E-state index contributed by atoms with van der Waals surface area (Å²) in [5.74, 6) is -0.280. The number of hydrogen-bond donors (Lipinski definition) is 2. The van der Waals surface area contributed by atoms with Gasteiger partial charge in [0.1, 0.15) is 12.3 Å². The van der Waals surface area contributed by atoms with Crippen LogP contribution in [0, 0.1) is 0 Å². The molecule has 0 saturated heterocycles. The Morgan fingerprint density at radius 1 is 1.21 bits per heavy atom. The van der Waals surface area contributed by atoms with E-state index in [2.05, 4.69) is 42.4 Å². The van der Waals surface area contributed by atoms with Gasteiger partial charge in [-0.05, 0) is 40.2 Å².